The summed E-state index contributed by atoms with van der Waals surface area (Å²) in [5.41, 5.74) is 1.11. The molecule has 2 atom stereocenters. The summed E-state index contributed by atoms with van der Waals surface area (Å²) in [6, 6.07) is 5.60. The average Bonchev–Trinajstić information content (AvgIpc) is 3.30. The Labute approximate surface area is 406 Å². The third kappa shape index (κ3) is 42.8. The maximum absolute atomic E-state index is 11.1. The number of aryl methyl sites for hydroxylation is 1. The molecule has 1 rings (SSSR count). The summed E-state index contributed by atoms with van der Waals surface area (Å²) >= 11 is 0. The number of aliphatic hydroxyl groups excluding tert-OH is 1. The minimum Gasteiger partial charge on any atom is -0.508 e. The highest BCUT2D eigenvalue weighted by Gasteiger charge is 2.19. The lowest BCUT2D eigenvalue weighted by atomic mass is 10.0. The summed E-state index contributed by atoms with van der Waals surface area (Å²) < 4.78 is 6.30. The number of unbranched alkanes of at least 4 members (excludes halogenated alkanes) is 38. The molecule has 0 spiro atoms. The first kappa shape index (κ1) is 60.8. The molecule has 1 aromatic carbocycles. The number of rotatable bonds is 51. The average molecular weight is 904 g/mol. The first-order valence-corrected chi connectivity index (χ1v) is 28.9. The van der Waals surface area contributed by atoms with E-state index in [0.29, 0.717) is 12.2 Å². The fourth-order valence-corrected chi connectivity index (χ4v) is 9.26. The maximum atomic E-state index is 11.1. The van der Waals surface area contributed by atoms with Gasteiger partial charge in [0.15, 0.2) is 0 Å². The minimum atomic E-state index is -0.594. The van der Waals surface area contributed by atoms with Gasteiger partial charge in [-0.05, 0) is 94.4 Å². The fourth-order valence-electron chi connectivity index (χ4n) is 9.26. The molecule has 2 unspecified atom stereocenters. The second kappa shape index (κ2) is 49.6. The highest BCUT2D eigenvalue weighted by molar-refractivity contribution is 5.38. The molecule has 0 saturated heterocycles. The van der Waals surface area contributed by atoms with Crippen molar-refractivity contribution >= 4 is 0 Å². The van der Waals surface area contributed by atoms with Gasteiger partial charge >= 0.3 is 0 Å². The van der Waals surface area contributed by atoms with Gasteiger partial charge in [-0.3, -0.25) is 0 Å². The van der Waals surface area contributed by atoms with Gasteiger partial charge < -0.3 is 14.9 Å². The molecule has 376 valence electrons. The van der Waals surface area contributed by atoms with Crippen LogP contribution in [0.25, 0.3) is 0 Å². The highest BCUT2D eigenvalue weighted by atomic mass is 16.5. The normalized spacial score (nSPS) is 12.9. The number of hydrogen-bond acceptors (Lipinski definition) is 3. The number of aromatic hydroxyl groups is 1. The largest absolute Gasteiger partial charge is 0.508 e. The van der Waals surface area contributed by atoms with Gasteiger partial charge in [0, 0.05) is 6.07 Å². The van der Waals surface area contributed by atoms with E-state index >= 15 is 0 Å². The second-order valence-corrected chi connectivity index (χ2v) is 20.0. The van der Waals surface area contributed by atoms with Crippen molar-refractivity contribution in [3.8, 4) is 11.5 Å². The van der Waals surface area contributed by atoms with Gasteiger partial charge in [-0.25, -0.2) is 0 Å². The number of phenolic OH excluding ortho intramolecular Hbond substituents is 1. The van der Waals surface area contributed by atoms with Crippen molar-refractivity contribution in [3.63, 3.8) is 0 Å². The van der Waals surface area contributed by atoms with Crippen molar-refractivity contribution in [2.24, 2.45) is 0 Å². The van der Waals surface area contributed by atoms with Crippen LogP contribution in [0.5, 0.6) is 11.5 Å². The number of hydrogen-bond donors (Lipinski definition) is 2. The van der Waals surface area contributed by atoms with Crippen LogP contribution in [0.1, 0.15) is 296 Å². The first-order valence-electron chi connectivity index (χ1n) is 28.9. The van der Waals surface area contributed by atoms with Crippen LogP contribution in [0.3, 0.4) is 0 Å². The van der Waals surface area contributed by atoms with E-state index in [1.807, 2.05) is 24.3 Å². The Hall–Kier alpha value is -2.26. The minimum absolute atomic E-state index is 0.233. The summed E-state index contributed by atoms with van der Waals surface area (Å²) in [6.07, 6.45) is 72.3. The molecule has 0 heterocycles. The van der Waals surface area contributed by atoms with Gasteiger partial charge in [-0.1, -0.05) is 269 Å². The Morgan fingerprint density at radius 2 is 0.785 bits per heavy atom. The van der Waals surface area contributed by atoms with Gasteiger partial charge in [0.1, 0.15) is 17.6 Å². The molecule has 65 heavy (non-hydrogen) atoms. The lowest BCUT2D eigenvalue weighted by Gasteiger charge is -2.22. The number of allylic oxidation sites excluding steroid dienone is 6. The Bertz CT molecular complexity index is 1210. The quantitative estimate of drug-likeness (QED) is 0.0389. The molecule has 0 saturated carbocycles. The van der Waals surface area contributed by atoms with E-state index in [9.17, 15) is 10.2 Å². The number of ether oxygens (including phenoxy) is 1. The molecule has 0 aliphatic carbocycles. The van der Waals surface area contributed by atoms with E-state index in [-0.39, 0.29) is 5.75 Å². The van der Waals surface area contributed by atoms with Crippen molar-refractivity contribution in [2.75, 3.05) is 0 Å². The SMILES string of the molecule is C=C/C=C\C(Oc1cc(O)cc(CCCCCCCCCCCCCCCCCCC/C=C/CCCCCCCC)c1)C(O)CCCCCCCCCCC/C=C/CCCCCCCC. The van der Waals surface area contributed by atoms with Crippen LogP contribution in [0.4, 0.5) is 0 Å². The van der Waals surface area contributed by atoms with E-state index in [4.69, 9.17) is 4.74 Å². The molecule has 3 nitrogen and oxygen atoms in total. The van der Waals surface area contributed by atoms with E-state index in [2.05, 4.69) is 44.7 Å². The van der Waals surface area contributed by atoms with E-state index in [0.717, 1.165) is 31.2 Å². The molecule has 0 fully saturated rings. The summed E-state index contributed by atoms with van der Waals surface area (Å²) in [4.78, 5) is 0. The predicted molar refractivity (Wildman–Crippen MR) is 290 cm³/mol. The van der Waals surface area contributed by atoms with E-state index in [1.54, 1.807) is 12.1 Å². The zero-order valence-electron chi connectivity index (χ0n) is 43.6. The van der Waals surface area contributed by atoms with Crippen LogP contribution >= 0.6 is 0 Å². The molecular weight excluding hydrogens is 793 g/mol. The van der Waals surface area contributed by atoms with Crippen LogP contribution < -0.4 is 4.74 Å². The summed E-state index contributed by atoms with van der Waals surface area (Å²) in [5, 5.41) is 21.6. The molecule has 0 amide bonds. The van der Waals surface area contributed by atoms with Gasteiger partial charge in [0.05, 0.1) is 6.10 Å². The molecule has 0 aliphatic rings. The van der Waals surface area contributed by atoms with Crippen LogP contribution in [-0.4, -0.2) is 22.4 Å². The van der Waals surface area contributed by atoms with Crippen molar-refractivity contribution in [3.05, 3.63) is 72.9 Å². The molecular formula is C62H110O3. The highest BCUT2D eigenvalue weighted by Crippen LogP contribution is 2.26. The second-order valence-electron chi connectivity index (χ2n) is 20.0. The first-order chi connectivity index (χ1) is 32.1. The third-order valence-corrected chi connectivity index (χ3v) is 13.5. The van der Waals surface area contributed by atoms with E-state index < -0.39 is 12.2 Å². The smallest absolute Gasteiger partial charge is 0.143 e. The predicted octanol–water partition coefficient (Wildman–Crippen LogP) is 20.7. The lowest BCUT2D eigenvalue weighted by molar-refractivity contribution is 0.0557. The van der Waals surface area contributed by atoms with Crippen LogP contribution in [0.15, 0.2) is 67.3 Å². The Kier molecular flexibility index (Phi) is 46.4. The molecule has 3 heteroatoms. The monoisotopic (exact) mass is 903 g/mol. The molecule has 0 bridgehead atoms. The Balaban J connectivity index is 2.04. The van der Waals surface area contributed by atoms with Gasteiger partial charge in [-0.15, -0.1) is 0 Å². The molecule has 0 aliphatic heterocycles. The molecule has 2 N–H and O–H groups in total. The Morgan fingerprint density at radius 1 is 0.446 bits per heavy atom. The summed E-state index contributed by atoms with van der Waals surface area (Å²) in [5.74, 6) is 0.863. The Morgan fingerprint density at radius 3 is 1.15 bits per heavy atom. The van der Waals surface area contributed by atoms with Gasteiger partial charge in [0.25, 0.3) is 0 Å². The van der Waals surface area contributed by atoms with Crippen LogP contribution in [0, 0.1) is 0 Å². The zero-order chi connectivity index (χ0) is 46.8. The number of benzene rings is 1. The fraction of sp³-hybridized carbons (Fsp3) is 0.774. The molecule has 0 aromatic heterocycles. The molecule has 0 radical (unpaired) electrons. The molecule has 1 aromatic rings. The summed E-state index contributed by atoms with van der Waals surface area (Å²) in [6.45, 7) is 8.40. The topological polar surface area (TPSA) is 49.7 Å². The standard InChI is InChI=1S/C62H110O3/c1-4-7-10-12-14-16-18-20-22-24-26-27-28-29-30-31-32-33-35-36-38-40-42-44-46-48-50-52-58-55-59(63)57-60(56-58)65-62(54-9-6-3)61(64)53-51-49-47-45-43-41-39-37-34-25-23-21-19-17-15-13-11-8-5-2/h6,9,20-23,54-57,61-64H,3-5,7-8,10-19,24-53H2,1-2H3/b22-20+,23-21+,54-9-. The van der Waals surface area contributed by atoms with E-state index in [1.165, 1.54) is 250 Å². The lowest BCUT2D eigenvalue weighted by Crippen LogP contribution is -2.30. The van der Waals surface area contributed by atoms with Gasteiger partial charge in [-0.2, -0.15) is 0 Å². The van der Waals surface area contributed by atoms with Crippen molar-refractivity contribution in [2.45, 2.75) is 309 Å². The number of aliphatic hydroxyl groups is 1. The maximum Gasteiger partial charge on any atom is 0.143 e. The third-order valence-electron chi connectivity index (χ3n) is 13.5. The van der Waals surface area contributed by atoms with Crippen molar-refractivity contribution in [1.82, 2.24) is 0 Å². The van der Waals surface area contributed by atoms with Crippen molar-refractivity contribution in [1.29, 1.82) is 0 Å². The summed E-state index contributed by atoms with van der Waals surface area (Å²) in [7, 11) is 0. The van der Waals surface area contributed by atoms with Crippen LogP contribution in [0.2, 0.25) is 0 Å². The number of phenols is 1. The van der Waals surface area contributed by atoms with Crippen molar-refractivity contribution < 1.29 is 14.9 Å². The van der Waals surface area contributed by atoms with Crippen LogP contribution in [-0.2, 0) is 6.42 Å². The zero-order valence-corrected chi connectivity index (χ0v) is 43.6. The van der Waals surface area contributed by atoms with Gasteiger partial charge in [0.2, 0.25) is 0 Å².